The van der Waals surface area contributed by atoms with Crippen LogP contribution in [-0.4, -0.2) is 66.5 Å². The molecule has 0 aromatic carbocycles. The van der Waals surface area contributed by atoms with Crippen LogP contribution in [0.3, 0.4) is 0 Å². The van der Waals surface area contributed by atoms with Gasteiger partial charge in [0.25, 0.3) is 0 Å². The molecule has 0 saturated heterocycles. The minimum Gasteiger partial charge on any atom is -0.481 e. The lowest BCUT2D eigenvalue weighted by atomic mass is 10.1. The third-order valence-electron chi connectivity index (χ3n) is 4.65. The Morgan fingerprint density at radius 1 is 0.931 bits per heavy atom. The molecule has 0 aliphatic heterocycles. The summed E-state index contributed by atoms with van der Waals surface area (Å²) >= 11 is 0. The van der Waals surface area contributed by atoms with E-state index in [9.17, 15) is 14.7 Å². The zero-order chi connectivity index (χ0) is 22.1. The van der Waals surface area contributed by atoms with Gasteiger partial charge < -0.3 is 19.4 Å². The molecule has 0 aromatic rings. The molecule has 0 aliphatic carbocycles. The van der Waals surface area contributed by atoms with E-state index in [0.717, 1.165) is 32.1 Å². The minimum atomic E-state index is -0.994. The van der Waals surface area contributed by atoms with Crippen molar-refractivity contribution < 1.29 is 29.0 Å². The Labute approximate surface area is 177 Å². The molecule has 2 atom stereocenters. The van der Waals surface area contributed by atoms with Crippen LogP contribution in [0.25, 0.3) is 0 Å². The lowest BCUT2D eigenvalue weighted by Gasteiger charge is -2.28. The number of aliphatic hydroxyl groups excluding tert-OH is 1. The van der Waals surface area contributed by atoms with Crippen LogP contribution < -0.4 is 0 Å². The number of aliphatic hydroxyl groups is 1. The van der Waals surface area contributed by atoms with Crippen molar-refractivity contribution in [1.29, 1.82) is 0 Å². The molecule has 6 nitrogen and oxygen atoms in total. The summed E-state index contributed by atoms with van der Waals surface area (Å²) in [6, 6.07) is 0. The highest BCUT2D eigenvalue weighted by atomic mass is 16.5. The number of hydrogen-bond acceptors (Lipinski definition) is 4. The summed E-state index contributed by atoms with van der Waals surface area (Å²) in [5.74, 6) is -1.52. The molecule has 0 aliphatic rings. The fraction of sp³-hybridized carbons (Fsp3) is 0.826. The highest BCUT2D eigenvalue weighted by molar-refractivity contribution is 5.71. The van der Waals surface area contributed by atoms with E-state index < -0.39 is 24.1 Å². The summed E-state index contributed by atoms with van der Waals surface area (Å²) in [5.41, 5.74) is 0. The Balaban J connectivity index is 3.91. The van der Waals surface area contributed by atoms with Crippen LogP contribution in [0.15, 0.2) is 12.2 Å². The van der Waals surface area contributed by atoms with Gasteiger partial charge in [0.2, 0.25) is 0 Å². The first-order valence-electron chi connectivity index (χ1n) is 11.2. The zero-order valence-corrected chi connectivity index (χ0v) is 19.1. The van der Waals surface area contributed by atoms with Crippen molar-refractivity contribution in [1.82, 2.24) is 0 Å². The Bertz CT molecular complexity index is 470. The van der Waals surface area contributed by atoms with Gasteiger partial charge in [-0.05, 0) is 32.1 Å². The average molecular weight is 415 g/mol. The fourth-order valence-electron chi connectivity index (χ4n) is 3.22. The van der Waals surface area contributed by atoms with E-state index in [2.05, 4.69) is 19.1 Å². The van der Waals surface area contributed by atoms with E-state index in [0.29, 0.717) is 17.4 Å². The van der Waals surface area contributed by atoms with Gasteiger partial charge in [-0.3, -0.25) is 9.59 Å². The molecule has 170 valence electrons. The van der Waals surface area contributed by atoms with Gasteiger partial charge in [-0.25, -0.2) is 0 Å². The number of quaternary nitrogens is 1. The van der Waals surface area contributed by atoms with Crippen LogP contribution in [0.5, 0.6) is 0 Å². The van der Waals surface area contributed by atoms with Gasteiger partial charge in [0.15, 0.2) is 6.10 Å². The number of carbonyl (C=O) groups is 2. The van der Waals surface area contributed by atoms with Crippen LogP contribution in [0.4, 0.5) is 0 Å². The number of aliphatic carboxylic acids is 1. The third kappa shape index (κ3) is 19.7. The van der Waals surface area contributed by atoms with Crippen LogP contribution >= 0.6 is 0 Å². The van der Waals surface area contributed by atoms with Gasteiger partial charge in [-0.1, -0.05) is 51.2 Å². The predicted octanol–water partition coefficient (Wildman–Crippen LogP) is 4.31. The van der Waals surface area contributed by atoms with E-state index >= 15 is 0 Å². The standard InChI is InChI=1S/C23H43NO5/c1-5-6-7-8-9-10-11-12-13-14-15-16-20(25)17-23(28)29-21(18-22(26)27)19-24(2,3)4/h10-11,20-21,25H,5-9,12-19H2,1-4H3/p+1. The first-order chi connectivity index (χ1) is 13.6. The zero-order valence-electron chi connectivity index (χ0n) is 19.1. The Kier molecular flexibility index (Phi) is 15.6. The number of hydrogen-bond donors (Lipinski definition) is 2. The number of likely N-dealkylation sites (N-methyl/N-ethyl adjacent to an activating group) is 1. The molecular formula is C23H44NO5+. The second-order valence-electron chi connectivity index (χ2n) is 9.00. The number of carboxylic acids is 1. The number of esters is 1. The summed E-state index contributed by atoms with van der Waals surface area (Å²) in [6.07, 6.45) is 13.8. The lowest BCUT2D eigenvalue weighted by molar-refractivity contribution is -0.873. The summed E-state index contributed by atoms with van der Waals surface area (Å²) in [4.78, 5) is 23.0. The maximum atomic E-state index is 12.0. The molecule has 0 aromatic heterocycles. The Morgan fingerprint density at radius 3 is 2.03 bits per heavy atom. The van der Waals surface area contributed by atoms with E-state index in [1.165, 1.54) is 25.7 Å². The van der Waals surface area contributed by atoms with E-state index in [-0.39, 0.29) is 12.8 Å². The van der Waals surface area contributed by atoms with Crippen molar-refractivity contribution in [2.75, 3.05) is 27.7 Å². The molecule has 29 heavy (non-hydrogen) atoms. The number of carboxylic acid groups (broad SMARTS) is 1. The highest BCUT2D eigenvalue weighted by Gasteiger charge is 2.25. The first kappa shape index (κ1) is 27.6. The summed E-state index contributed by atoms with van der Waals surface area (Å²) in [6.45, 7) is 2.64. The molecule has 6 heteroatoms. The second-order valence-corrected chi connectivity index (χ2v) is 9.00. The smallest absolute Gasteiger partial charge is 0.308 e. The average Bonchev–Trinajstić information content (AvgIpc) is 2.57. The molecule has 2 unspecified atom stereocenters. The molecule has 0 saturated carbocycles. The Morgan fingerprint density at radius 2 is 1.52 bits per heavy atom. The van der Waals surface area contributed by atoms with Gasteiger partial charge in [0.05, 0.1) is 40.1 Å². The number of ether oxygens (including phenoxy) is 1. The monoisotopic (exact) mass is 414 g/mol. The van der Waals surface area contributed by atoms with Crippen molar-refractivity contribution in [2.24, 2.45) is 0 Å². The molecule has 0 heterocycles. The third-order valence-corrected chi connectivity index (χ3v) is 4.65. The number of allylic oxidation sites excluding steroid dienone is 2. The van der Waals surface area contributed by atoms with Crippen molar-refractivity contribution in [3.63, 3.8) is 0 Å². The maximum Gasteiger partial charge on any atom is 0.308 e. The fourth-order valence-corrected chi connectivity index (χ4v) is 3.22. The minimum absolute atomic E-state index is 0.0784. The molecule has 0 radical (unpaired) electrons. The maximum absolute atomic E-state index is 12.0. The molecule has 2 N–H and O–H groups in total. The van der Waals surface area contributed by atoms with E-state index in [1.54, 1.807) is 0 Å². The summed E-state index contributed by atoms with van der Waals surface area (Å²) < 4.78 is 5.81. The van der Waals surface area contributed by atoms with Crippen molar-refractivity contribution in [3.05, 3.63) is 12.2 Å². The van der Waals surface area contributed by atoms with Gasteiger partial charge in [0, 0.05) is 0 Å². The normalized spacial score (nSPS) is 14.1. The molecule has 0 bridgehead atoms. The largest absolute Gasteiger partial charge is 0.481 e. The molecule has 0 fully saturated rings. The molecule has 0 spiro atoms. The van der Waals surface area contributed by atoms with E-state index in [4.69, 9.17) is 9.84 Å². The Hall–Kier alpha value is -1.40. The second kappa shape index (κ2) is 16.4. The summed E-state index contributed by atoms with van der Waals surface area (Å²) in [7, 11) is 5.75. The van der Waals surface area contributed by atoms with Crippen LogP contribution in [-0.2, 0) is 14.3 Å². The predicted molar refractivity (Wildman–Crippen MR) is 117 cm³/mol. The van der Waals surface area contributed by atoms with Crippen molar-refractivity contribution in [3.8, 4) is 0 Å². The van der Waals surface area contributed by atoms with Gasteiger partial charge in [-0.2, -0.15) is 0 Å². The van der Waals surface area contributed by atoms with Crippen LogP contribution in [0, 0.1) is 0 Å². The van der Waals surface area contributed by atoms with Crippen LogP contribution in [0.1, 0.15) is 84.0 Å². The SMILES string of the molecule is CCCCCCC=CCCCCCC(O)CC(=O)OC(CC(=O)O)C[N+](C)(C)C. The van der Waals surface area contributed by atoms with Gasteiger partial charge >= 0.3 is 11.9 Å². The van der Waals surface area contributed by atoms with Gasteiger partial charge in [0.1, 0.15) is 6.54 Å². The number of carbonyl (C=O) groups excluding carboxylic acids is 1. The topological polar surface area (TPSA) is 83.8 Å². The van der Waals surface area contributed by atoms with Crippen LogP contribution in [0.2, 0.25) is 0 Å². The lowest BCUT2D eigenvalue weighted by Crippen LogP contribution is -2.44. The first-order valence-corrected chi connectivity index (χ1v) is 11.2. The van der Waals surface area contributed by atoms with Crippen molar-refractivity contribution >= 4 is 11.9 Å². The van der Waals surface area contributed by atoms with E-state index in [1.807, 2.05) is 21.1 Å². The number of unbranched alkanes of at least 4 members (excludes halogenated alkanes) is 7. The van der Waals surface area contributed by atoms with Gasteiger partial charge in [-0.15, -0.1) is 0 Å². The summed E-state index contributed by atoms with van der Waals surface area (Å²) in [5, 5.41) is 19.0. The quantitative estimate of drug-likeness (QED) is 0.151. The molecular weight excluding hydrogens is 370 g/mol. The van der Waals surface area contributed by atoms with Crippen molar-refractivity contribution in [2.45, 2.75) is 96.2 Å². The molecule has 0 amide bonds. The molecule has 0 rings (SSSR count). The highest BCUT2D eigenvalue weighted by Crippen LogP contribution is 2.12. The number of nitrogens with zero attached hydrogens (tertiary/aromatic N) is 1. The number of rotatable bonds is 18.